The van der Waals surface area contributed by atoms with Crippen molar-refractivity contribution in [1.82, 2.24) is 5.32 Å². The lowest BCUT2D eigenvalue weighted by atomic mass is 9.95. The van der Waals surface area contributed by atoms with Crippen LogP contribution in [0.5, 0.6) is 0 Å². The molecule has 0 aromatic heterocycles. The Labute approximate surface area is 519 Å². The van der Waals surface area contributed by atoms with Gasteiger partial charge in [0.1, 0.15) is 195 Å². The maximum atomic E-state index is 12.3. The molecule has 42 heteroatoms. The predicted octanol–water partition coefficient (Wildman–Crippen LogP) is -18.3. The van der Waals surface area contributed by atoms with E-state index in [1.165, 1.54) is 0 Å². The highest BCUT2D eigenvalue weighted by atomic mass is 16.8. The number of amides is 1. The molecule has 8 rings (SSSR count). The van der Waals surface area contributed by atoms with Crippen molar-refractivity contribution < 1.29 is 204 Å². The van der Waals surface area contributed by atoms with Gasteiger partial charge in [-0.25, -0.2) is 0 Å². The summed E-state index contributed by atoms with van der Waals surface area (Å²) in [5.41, 5.74) is 0. The Morgan fingerprint density at radius 3 is 0.989 bits per heavy atom. The molecule has 8 heterocycles. The minimum absolute atomic E-state index is 0.843. The van der Waals surface area contributed by atoms with E-state index in [-0.39, 0.29) is 0 Å². The van der Waals surface area contributed by atoms with Gasteiger partial charge in [-0.2, -0.15) is 0 Å². The Morgan fingerprint density at radius 2 is 0.576 bits per heavy atom. The summed E-state index contributed by atoms with van der Waals surface area (Å²) < 4.78 is 86.5. The quantitative estimate of drug-likeness (QED) is 0.0452. The number of ether oxygens (including phenoxy) is 15. The van der Waals surface area contributed by atoms with Crippen LogP contribution in [-0.2, 0) is 75.8 Å². The van der Waals surface area contributed by atoms with Crippen LogP contribution in [0.2, 0.25) is 0 Å². The van der Waals surface area contributed by atoms with Crippen molar-refractivity contribution in [1.29, 1.82) is 0 Å². The van der Waals surface area contributed by atoms with Gasteiger partial charge in [0.25, 0.3) is 0 Å². The lowest BCUT2D eigenvalue weighted by Crippen LogP contribution is -2.69. The molecule has 0 aromatic rings. The third-order valence-electron chi connectivity index (χ3n) is 17.0. The van der Waals surface area contributed by atoms with E-state index in [0.717, 1.165) is 6.92 Å². The summed E-state index contributed by atoms with van der Waals surface area (Å²) in [7, 11) is 0. The maximum Gasteiger partial charge on any atom is 0.217 e. The Balaban J connectivity index is 1.05. The Hall–Kier alpha value is -2.13. The minimum Gasteiger partial charge on any atom is -0.394 e. The highest BCUT2D eigenvalue weighted by Gasteiger charge is 2.60. The van der Waals surface area contributed by atoms with Crippen LogP contribution in [0.3, 0.4) is 0 Å². The average molecular weight is 1360 g/mol. The third kappa shape index (κ3) is 15.8. The molecule has 1 amide bonds. The SMILES string of the molecule is CC(=O)N[C@H]1[C@@H](O[C@H]2[C@H](O[C@H]3[C@H](O[C@@H]4O[C@H](CO)[C@@H](O)[C@H](O)[C@H]4O)[C@@H](O)[C@@H](O)O[C@@H]3CO[C@@H]3O[C@H](CO)[C@@H](O)[C@H](O)[C@H]3O[C@H]3O[C@H](CO)[C@@H](O[C@@H]4O[C@H](CO)[C@H](O[C@H]5O[C@H](CO)[C@H](O)[C@H](O)[C@H]5O)[C@H](O)[C@H]4O)[C@H](O)[C@H]3O)O[C@H](CO)[C@@H](O)[C@@H]2O)O[C@H](CO)[C@@H](O)[C@@H]1O. The zero-order chi connectivity index (χ0) is 67.6. The maximum absolute atomic E-state index is 12.3. The largest absolute Gasteiger partial charge is 0.394 e. The molecule has 0 aromatic carbocycles. The summed E-state index contributed by atoms with van der Waals surface area (Å²) in [6, 6.07) is -1.74. The lowest BCUT2D eigenvalue weighted by molar-refractivity contribution is -0.403. The molecule has 8 aliphatic rings. The number of aliphatic hydroxyl groups excluding tert-OH is 25. The van der Waals surface area contributed by atoms with Crippen molar-refractivity contribution in [2.24, 2.45) is 0 Å². The first-order chi connectivity index (χ1) is 43.6. The molecule has 0 saturated carbocycles. The Bertz CT molecular complexity index is 2250. The topological polar surface area (TPSA) is 673 Å². The number of hydrogen-bond donors (Lipinski definition) is 26. The number of rotatable bonds is 23. The summed E-state index contributed by atoms with van der Waals surface area (Å²) in [6.45, 7) is -7.37. The van der Waals surface area contributed by atoms with E-state index >= 15 is 0 Å². The van der Waals surface area contributed by atoms with Gasteiger partial charge in [-0.15, -0.1) is 0 Å². The fourth-order valence-electron chi connectivity index (χ4n) is 11.7. The fraction of sp³-hybridized carbons (Fsp3) is 0.980. The summed E-state index contributed by atoms with van der Waals surface area (Å²) in [6.07, 6.45) is -80.0. The van der Waals surface area contributed by atoms with E-state index in [1.54, 1.807) is 0 Å². The highest BCUT2D eigenvalue weighted by molar-refractivity contribution is 5.73. The van der Waals surface area contributed by atoms with Gasteiger partial charge >= 0.3 is 0 Å². The van der Waals surface area contributed by atoms with Gasteiger partial charge < -0.3 is 204 Å². The van der Waals surface area contributed by atoms with Crippen LogP contribution in [0.4, 0.5) is 0 Å². The molecule has 8 saturated heterocycles. The van der Waals surface area contributed by atoms with E-state index in [1.807, 2.05) is 0 Å². The monoisotopic (exact) mass is 1360 g/mol. The van der Waals surface area contributed by atoms with E-state index in [4.69, 9.17) is 71.1 Å². The van der Waals surface area contributed by atoms with Crippen molar-refractivity contribution in [3.8, 4) is 0 Å². The highest BCUT2D eigenvalue weighted by Crippen LogP contribution is 2.39. The first-order valence-corrected chi connectivity index (χ1v) is 29.2. The molecular weight excluding hydrogens is 1270 g/mol. The van der Waals surface area contributed by atoms with E-state index in [0.29, 0.717) is 0 Å². The number of carbonyl (C=O) groups is 1. The van der Waals surface area contributed by atoms with Gasteiger partial charge in [-0.3, -0.25) is 4.79 Å². The van der Waals surface area contributed by atoms with Crippen LogP contribution in [0.15, 0.2) is 0 Å². The summed E-state index contributed by atoms with van der Waals surface area (Å²) in [5, 5.41) is 272. The molecule has 536 valence electrons. The molecule has 8 aliphatic heterocycles. The van der Waals surface area contributed by atoms with Gasteiger partial charge in [0, 0.05) is 6.92 Å². The molecule has 92 heavy (non-hydrogen) atoms. The Morgan fingerprint density at radius 1 is 0.283 bits per heavy atom. The smallest absolute Gasteiger partial charge is 0.217 e. The molecule has 0 spiro atoms. The predicted molar refractivity (Wildman–Crippen MR) is 276 cm³/mol. The number of hydrogen-bond acceptors (Lipinski definition) is 41. The number of carbonyl (C=O) groups excluding carboxylic acids is 1. The molecule has 40 atom stereocenters. The zero-order valence-corrected chi connectivity index (χ0v) is 48.5. The third-order valence-corrected chi connectivity index (χ3v) is 17.0. The van der Waals surface area contributed by atoms with Crippen LogP contribution in [0.25, 0.3) is 0 Å². The second-order valence-corrected chi connectivity index (χ2v) is 23.1. The average Bonchev–Trinajstić information content (AvgIpc) is 0.791. The zero-order valence-electron chi connectivity index (χ0n) is 48.5. The minimum atomic E-state index is -2.42. The van der Waals surface area contributed by atoms with Gasteiger partial charge in [-0.05, 0) is 0 Å². The number of aliphatic hydroxyl groups is 25. The molecule has 0 radical (unpaired) electrons. The summed E-state index contributed by atoms with van der Waals surface area (Å²) in [5.74, 6) is -0.843. The van der Waals surface area contributed by atoms with Crippen molar-refractivity contribution in [2.75, 3.05) is 52.9 Å². The van der Waals surface area contributed by atoms with E-state index in [9.17, 15) is 132 Å². The lowest BCUT2D eigenvalue weighted by Gasteiger charge is -2.50. The molecule has 8 fully saturated rings. The van der Waals surface area contributed by atoms with Crippen LogP contribution < -0.4 is 5.32 Å². The molecule has 0 unspecified atom stereocenters. The molecule has 42 nitrogen and oxygen atoms in total. The van der Waals surface area contributed by atoms with Gasteiger partial charge in [0.2, 0.25) is 5.91 Å². The van der Waals surface area contributed by atoms with Gasteiger partial charge in [0.15, 0.2) is 50.3 Å². The fourth-order valence-corrected chi connectivity index (χ4v) is 11.7. The van der Waals surface area contributed by atoms with Crippen LogP contribution >= 0.6 is 0 Å². The molecule has 26 N–H and O–H groups in total. The van der Waals surface area contributed by atoms with E-state index in [2.05, 4.69) is 5.32 Å². The first-order valence-electron chi connectivity index (χ1n) is 29.2. The molecule has 0 bridgehead atoms. The Kier molecular flexibility index (Phi) is 26.9. The molecular formula is C50H85NO41. The van der Waals surface area contributed by atoms with Crippen molar-refractivity contribution >= 4 is 5.91 Å². The van der Waals surface area contributed by atoms with Crippen LogP contribution in [0, 0.1) is 0 Å². The summed E-state index contributed by atoms with van der Waals surface area (Å²) >= 11 is 0. The van der Waals surface area contributed by atoms with Crippen molar-refractivity contribution in [3.05, 3.63) is 0 Å². The normalized spacial score (nSPS) is 52.2. The standard InChI is InChI=1S/C50H85NO41/c1-10(59)51-19-25(65)20(60)11(2-52)80-44(19)91-42-29(69)24(64)15(6-56)84-50(42)89-39-18(79-43(77)36(76)40(39)90-46-33(73)27(67)22(62)13(4-54)82-46)9-78-49-41(28(68)23(63)14(5-55)83-49)92-48-35(75)31(71)38(17(8-58)86-48)88-47-34(74)30(70)37(16(7-57)85-47)87-45-32(72)26(66)21(61)12(3-53)81-45/h11-50,52-58,60-77H,2-9H2,1H3,(H,51,59)/t11-,12-,13-,14-,15-,16-,17-,18-,19-,20-,21+,22-,23-,24-,25-,26+,27+,28+,29+,30-,31-,32-,33-,34-,35-,36-,37+,38-,39-,40-,41-,42-,43+,44-,45-,46+,47+,48-,49-,50+/m1/s1. The second kappa shape index (κ2) is 32.7. The number of nitrogens with one attached hydrogen (secondary N) is 1. The van der Waals surface area contributed by atoms with Crippen molar-refractivity contribution in [3.63, 3.8) is 0 Å². The van der Waals surface area contributed by atoms with Crippen molar-refractivity contribution in [2.45, 2.75) is 253 Å². The van der Waals surface area contributed by atoms with Gasteiger partial charge in [-0.1, -0.05) is 0 Å². The molecule has 0 aliphatic carbocycles. The van der Waals surface area contributed by atoms with Crippen LogP contribution in [-0.4, -0.2) is 432 Å². The summed E-state index contributed by atoms with van der Waals surface area (Å²) in [4.78, 5) is 12.3. The van der Waals surface area contributed by atoms with E-state index < -0.39 is 304 Å². The van der Waals surface area contributed by atoms with Crippen LogP contribution in [0.1, 0.15) is 6.92 Å². The second-order valence-electron chi connectivity index (χ2n) is 23.1. The first kappa shape index (κ1) is 75.6. The van der Waals surface area contributed by atoms with Gasteiger partial charge in [0.05, 0.1) is 52.9 Å².